The highest BCUT2D eigenvalue weighted by Crippen LogP contribution is 2.23. The summed E-state index contributed by atoms with van der Waals surface area (Å²) in [5.74, 6) is -0.227. The Balaban J connectivity index is 1.81. The number of aromatic amines is 1. The number of thiazole rings is 1. The quantitative estimate of drug-likeness (QED) is 0.746. The van der Waals surface area contributed by atoms with Crippen LogP contribution in [-0.4, -0.2) is 15.9 Å². The van der Waals surface area contributed by atoms with Crippen molar-refractivity contribution in [1.29, 1.82) is 0 Å². The topological polar surface area (TPSA) is 74.8 Å². The summed E-state index contributed by atoms with van der Waals surface area (Å²) in [4.78, 5) is 30.5. The lowest BCUT2D eigenvalue weighted by atomic mass is 10.1. The van der Waals surface area contributed by atoms with Crippen LogP contribution in [0.25, 0.3) is 0 Å². The van der Waals surface area contributed by atoms with Gasteiger partial charge < -0.3 is 10.3 Å². The van der Waals surface area contributed by atoms with Crippen molar-refractivity contribution in [3.05, 3.63) is 72.7 Å². The highest BCUT2D eigenvalue weighted by molar-refractivity contribution is 7.09. The number of H-pyrrole nitrogens is 1. The summed E-state index contributed by atoms with van der Waals surface area (Å²) in [5.41, 5.74) is 2.30. The van der Waals surface area contributed by atoms with E-state index >= 15 is 0 Å². The first-order chi connectivity index (χ1) is 11.1. The van der Waals surface area contributed by atoms with E-state index in [1.807, 2.05) is 23.8 Å². The molecule has 0 saturated heterocycles. The second-order valence-electron chi connectivity index (χ2n) is 5.13. The zero-order valence-corrected chi connectivity index (χ0v) is 14.0. The van der Waals surface area contributed by atoms with E-state index in [2.05, 4.69) is 20.7 Å². The molecule has 7 heteroatoms. The third-order valence-electron chi connectivity index (χ3n) is 3.31. The van der Waals surface area contributed by atoms with Crippen LogP contribution in [0.15, 0.2) is 45.3 Å². The number of aromatic nitrogens is 2. The molecule has 5 nitrogen and oxygen atoms in total. The Morgan fingerprint density at radius 3 is 2.83 bits per heavy atom. The van der Waals surface area contributed by atoms with Crippen molar-refractivity contribution in [1.82, 2.24) is 15.3 Å². The molecule has 3 aromatic heterocycles. The Labute approximate surface area is 141 Å². The van der Waals surface area contributed by atoms with Gasteiger partial charge >= 0.3 is 0 Å². The fraction of sp³-hybridized carbons (Fsp3) is 0.188. The molecule has 1 atom stereocenters. The molecular formula is C16H15N3O2S2. The monoisotopic (exact) mass is 345 g/mol. The van der Waals surface area contributed by atoms with E-state index in [1.54, 1.807) is 11.3 Å². The average molecular weight is 345 g/mol. The summed E-state index contributed by atoms with van der Waals surface area (Å²) < 4.78 is 0. The molecule has 0 bridgehead atoms. The van der Waals surface area contributed by atoms with Crippen LogP contribution in [0, 0.1) is 6.92 Å². The van der Waals surface area contributed by atoms with E-state index in [0.717, 1.165) is 16.3 Å². The van der Waals surface area contributed by atoms with Crippen molar-refractivity contribution in [2.45, 2.75) is 19.4 Å². The van der Waals surface area contributed by atoms with Crippen LogP contribution in [0.5, 0.6) is 0 Å². The molecule has 0 aromatic carbocycles. The van der Waals surface area contributed by atoms with Gasteiger partial charge in [-0.2, -0.15) is 11.3 Å². The molecule has 3 aromatic rings. The molecule has 118 valence electrons. The molecule has 0 aliphatic rings. The van der Waals surface area contributed by atoms with Crippen LogP contribution < -0.4 is 10.9 Å². The van der Waals surface area contributed by atoms with Crippen molar-refractivity contribution < 1.29 is 4.79 Å². The number of hydrogen-bond donors (Lipinski definition) is 2. The minimum Gasteiger partial charge on any atom is -0.342 e. The lowest BCUT2D eigenvalue weighted by Crippen LogP contribution is -2.30. The highest BCUT2D eigenvalue weighted by atomic mass is 32.1. The summed E-state index contributed by atoms with van der Waals surface area (Å²) in [7, 11) is 0. The number of carbonyl (C=O) groups is 1. The molecule has 1 amide bonds. The Kier molecular flexibility index (Phi) is 4.68. The average Bonchev–Trinajstić information content (AvgIpc) is 3.19. The number of nitrogens with one attached hydrogen (secondary N) is 2. The van der Waals surface area contributed by atoms with Crippen LogP contribution in [0.3, 0.4) is 0 Å². The predicted octanol–water partition coefficient (Wildman–Crippen LogP) is 2.92. The number of rotatable bonds is 5. The SMILES string of the molecule is Cc1csc([C@@H](Cc2ccsc2)NC(=O)c2ccc(=O)[nH]c2)n1. The maximum absolute atomic E-state index is 12.4. The van der Waals surface area contributed by atoms with E-state index in [1.165, 1.54) is 29.7 Å². The second-order valence-corrected chi connectivity index (χ2v) is 6.80. The molecule has 0 aliphatic heterocycles. The number of pyridine rings is 1. The molecule has 3 heterocycles. The van der Waals surface area contributed by atoms with Crippen molar-refractivity contribution in [2.24, 2.45) is 0 Å². The zero-order chi connectivity index (χ0) is 16.2. The predicted molar refractivity (Wildman–Crippen MR) is 92.1 cm³/mol. The summed E-state index contributed by atoms with van der Waals surface area (Å²) in [6.45, 7) is 1.94. The minimum absolute atomic E-state index is 0.192. The van der Waals surface area contributed by atoms with Gasteiger partial charge in [0.05, 0.1) is 11.6 Å². The molecule has 2 N–H and O–H groups in total. The van der Waals surface area contributed by atoms with E-state index in [4.69, 9.17) is 0 Å². The number of aryl methyl sites for hydroxylation is 1. The summed E-state index contributed by atoms with van der Waals surface area (Å²) in [6.07, 6.45) is 2.11. The van der Waals surface area contributed by atoms with Crippen LogP contribution in [0.2, 0.25) is 0 Å². The van der Waals surface area contributed by atoms with Crippen molar-refractivity contribution >= 4 is 28.6 Å². The first kappa shape index (κ1) is 15.6. The van der Waals surface area contributed by atoms with Gasteiger partial charge in [0.2, 0.25) is 5.56 Å². The summed E-state index contributed by atoms with van der Waals surface area (Å²) in [5, 5.41) is 9.95. The zero-order valence-electron chi connectivity index (χ0n) is 12.4. The van der Waals surface area contributed by atoms with Crippen LogP contribution >= 0.6 is 22.7 Å². The van der Waals surface area contributed by atoms with Crippen LogP contribution in [-0.2, 0) is 6.42 Å². The third kappa shape index (κ3) is 3.94. The lowest BCUT2D eigenvalue weighted by Gasteiger charge is -2.16. The van der Waals surface area contributed by atoms with Gasteiger partial charge in [0.25, 0.3) is 5.91 Å². The van der Waals surface area contributed by atoms with Gasteiger partial charge in [-0.1, -0.05) is 0 Å². The fourth-order valence-corrected chi connectivity index (χ4v) is 3.70. The van der Waals surface area contributed by atoms with Gasteiger partial charge in [-0.25, -0.2) is 4.98 Å². The van der Waals surface area contributed by atoms with Gasteiger partial charge in [-0.3, -0.25) is 9.59 Å². The van der Waals surface area contributed by atoms with Gasteiger partial charge in [0, 0.05) is 29.8 Å². The minimum atomic E-state index is -0.230. The lowest BCUT2D eigenvalue weighted by molar-refractivity contribution is 0.0936. The van der Waals surface area contributed by atoms with Crippen molar-refractivity contribution in [3.8, 4) is 0 Å². The van der Waals surface area contributed by atoms with Crippen LogP contribution in [0.4, 0.5) is 0 Å². The van der Waals surface area contributed by atoms with E-state index < -0.39 is 0 Å². The molecule has 0 fully saturated rings. The van der Waals surface area contributed by atoms with Crippen molar-refractivity contribution in [3.63, 3.8) is 0 Å². The smallest absolute Gasteiger partial charge is 0.253 e. The maximum atomic E-state index is 12.4. The van der Waals surface area contributed by atoms with Crippen LogP contribution in [0.1, 0.15) is 32.7 Å². The van der Waals surface area contributed by atoms with Gasteiger partial charge in [0.1, 0.15) is 5.01 Å². The molecule has 23 heavy (non-hydrogen) atoms. The van der Waals surface area contributed by atoms with E-state index in [9.17, 15) is 9.59 Å². The maximum Gasteiger partial charge on any atom is 0.253 e. The van der Waals surface area contributed by atoms with E-state index in [0.29, 0.717) is 12.0 Å². The number of hydrogen-bond acceptors (Lipinski definition) is 5. The first-order valence-electron chi connectivity index (χ1n) is 7.04. The molecule has 0 unspecified atom stereocenters. The molecule has 0 spiro atoms. The normalized spacial score (nSPS) is 12.0. The summed E-state index contributed by atoms with van der Waals surface area (Å²) in [6, 6.07) is 4.71. The number of carbonyl (C=O) groups excluding carboxylic acids is 1. The summed E-state index contributed by atoms with van der Waals surface area (Å²) >= 11 is 3.17. The fourth-order valence-electron chi connectivity index (χ4n) is 2.17. The van der Waals surface area contributed by atoms with Gasteiger partial charge in [-0.05, 0) is 35.4 Å². The Morgan fingerprint density at radius 1 is 1.35 bits per heavy atom. The van der Waals surface area contributed by atoms with Gasteiger partial charge in [0.15, 0.2) is 0 Å². The first-order valence-corrected chi connectivity index (χ1v) is 8.87. The van der Waals surface area contributed by atoms with E-state index in [-0.39, 0.29) is 17.5 Å². The largest absolute Gasteiger partial charge is 0.342 e. The third-order valence-corrected chi connectivity index (χ3v) is 5.11. The second kappa shape index (κ2) is 6.89. The van der Waals surface area contributed by atoms with Gasteiger partial charge in [-0.15, -0.1) is 11.3 Å². The number of amides is 1. The Hall–Kier alpha value is -2.25. The number of nitrogens with zero attached hydrogens (tertiary/aromatic N) is 1. The Morgan fingerprint density at radius 2 is 2.22 bits per heavy atom. The molecular weight excluding hydrogens is 330 g/mol. The number of thiophene rings is 1. The molecule has 0 aliphatic carbocycles. The Bertz CT molecular complexity index is 832. The standard InChI is InChI=1S/C16H15N3O2S2/c1-10-8-23-16(18-10)13(6-11-4-5-22-9-11)19-15(21)12-2-3-14(20)17-7-12/h2-5,7-9,13H,6H2,1H3,(H,17,20)(H,19,21)/t13-/m1/s1. The molecule has 3 rings (SSSR count). The molecule has 0 radical (unpaired) electrons. The van der Waals surface area contributed by atoms with Crippen molar-refractivity contribution in [2.75, 3.05) is 0 Å². The highest BCUT2D eigenvalue weighted by Gasteiger charge is 2.19. The molecule has 0 saturated carbocycles.